The number of aromatic hydroxyl groups is 1. The van der Waals surface area contributed by atoms with Crippen LogP contribution in [0.3, 0.4) is 0 Å². The minimum atomic E-state index is -0.406. The number of ether oxygens (including phenoxy) is 1. The zero-order chi connectivity index (χ0) is 19.8. The highest BCUT2D eigenvalue weighted by Gasteiger charge is 2.21. The van der Waals surface area contributed by atoms with Crippen molar-refractivity contribution in [2.24, 2.45) is 0 Å². The van der Waals surface area contributed by atoms with Gasteiger partial charge in [-0.2, -0.15) is 0 Å². The highest BCUT2D eigenvalue weighted by molar-refractivity contribution is 6.19. The standard InChI is InChI=1S/C24H23NO3/c1-15(2)17-12-20-23(21(26)13-17)22-18(24(27)28-3)10-7-11-19(22)25(20)14-16-8-5-4-6-9-16/h4-13,15,26H,14H2,1-3H3. The summed E-state index contributed by atoms with van der Waals surface area (Å²) in [5.41, 5.74) is 4.49. The van der Waals surface area contributed by atoms with E-state index in [2.05, 4.69) is 36.6 Å². The predicted molar refractivity (Wildman–Crippen MR) is 112 cm³/mol. The van der Waals surface area contributed by atoms with Crippen molar-refractivity contribution in [3.05, 3.63) is 77.4 Å². The Morgan fingerprint density at radius 3 is 2.43 bits per heavy atom. The van der Waals surface area contributed by atoms with Crippen molar-refractivity contribution < 1.29 is 14.6 Å². The van der Waals surface area contributed by atoms with Crippen molar-refractivity contribution in [3.63, 3.8) is 0 Å². The monoisotopic (exact) mass is 373 g/mol. The lowest BCUT2D eigenvalue weighted by Crippen LogP contribution is -2.02. The molecule has 4 aromatic rings. The molecule has 0 amide bonds. The van der Waals surface area contributed by atoms with Crippen LogP contribution in [0, 0.1) is 0 Å². The molecule has 4 rings (SSSR count). The van der Waals surface area contributed by atoms with Gasteiger partial charge in [0.15, 0.2) is 0 Å². The first-order chi connectivity index (χ1) is 13.5. The molecule has 28 heavy (non-hydrogen) atoms. The van der Waals surface area contributed by atoms with E-state index in [1.165, 1.54) is 7.11 Å². The van der Waals surface area contributed by atoms with Gasteiger partial charge in [-0.15, -0.1) is 0 Å². The van der Waals surface area contributed by atoms with Crippen molar-refractivity contribution in [1.29, 1.82) is 0 Å². The molecule has 0 spiro atoms. The normalized spacial score (nSPS) is 11.4. The Morgan fingerprint density at radius 2 is 1.75 bits per heavy atom. The fraction of sp³-hybridized carbons (Fsp3) is 0.208. The molecule has 142 valence electrons. The molecule has 0 bridgehead atoms. The Labute approximate surface area is 164 Å². The Bertz CT molecular complexity index is 1170. The molecule has 1 N–H and O–H groups in total. The number of phenols is 1. The SMILES string of the molecule is COC(=O)c1cccc2c1c1c(O)cc(C(C)C)cc1n2Cc1ccccc1. The molecule has 4 nitrogen and oxygen atoms in total. The molecule has 0 saturated carbocycles. The molecule has 1 heterocycles. The topological polar surface area (TPSA) is 51.5 Å². The van der Waals surface area contributed by atoms with Crippen LogP contribution in [0.15, 0.2) is 60.7 Å². The second-order valence-electron chi connectivity index (χ2n) is 7.35. The van der Waals surface area contributed by atoms with Crippen molar-refractivity contribution in [3.8, 4) is 5.75 Å². The molecule has 0 radical (unpaired) electrons. The van der Waals surface area contributed by atoms with E-state index in [0.717, 1.165) is 27.5 Å². The van der Waals surface area contributed by atoms with Crippen molar-refractivity contribution in [2.75, 3.05) is 7.11 Å². The summed E-state index contributed by atoms with van der Waals surface area (Å²) in [5.74, 6) is 0.0598. The third-order valence-corrected chi connectivity index (χ3v) is 5.25. The van der Waals surface area contributed by atoms with E-state index >= 15 is 0 Å². The summed E-state index contributed by atoms with van der Waals surface area (Å²) >= 11 is 0. The molecule has 0 aliphatic rings. The summed E-state index contributed by atoms with van der Waals surface area (Å²) in [6.45, 7) is 4.85. The second-order valence-corrected chi connectivity index (χ2v) is 7.35. The molecule has 0 aliphatic carbocycles. The van der Waals surface area contributed by atoms with E-state index in [1.54, 1.807) is 12.1 Å². The Morgan fingerprint density at radius 1 is 1.00 bits per heavy atom. The summed E-state index contributed by atoms with van der Waals surface area (Å²) in [4.78, 5) is 12.4. The fourth-order valence-electron chi connectivity index (χ4n) is 3.81. The lowest BCUT2D eigenvalue weighted by Gasteiger charge is -2.11. The third-order valence-electron chi connectivity index (χ3n) is 5.25. The van der Waals surface area contributed by atoms with Gasteiger partial charge in [-0.05, 0) is 41.3 Å². The minimum absolute atomic E-state index is 0.189. The van der Waals surface area contributed by atoms with Crippen LogP contribution in [0.25, 0.3) is 21.8 Å². The van der Waals surface area contributed by atoms with E-state index < -0.39 is 5.97 Å². The number of carbonyl (C=O) groups excluding carboxylic acids is 1. The van der Waals surface area contributed by atoms with Crippen LogP contribution in [0.5, 0.6) is 5.75 Å². The molecule has 0 aliphatic heterocycles. The second kappa shape index (κ2) is 7.04. The van der Waals surface area contributed by atoms with E-state index in [1.807, 2.05) is 30.3 Å². The lowest BCUT2D eigenvalue weighted by molar-refractivity contribution is 0.0603. The largest absolute Gasteiger partial charge is 0.507 e. The molecule has 0 fully saturated rings. The van der Waals surface area contributed by atoms with Crippen LogP contribution >= 0.6 is 0 Å². The average molecular weight is 373 g/mol. The number of methoxy groups -OCH3 is 1. The number of nitrogens with zero attached hydrogens (tertiary/aromatic N) is 1. The highest BCUT2D eigenvalue weighted by Crippen LogP contribution is 2.39. The van der Waals surface area contributed by atoms with Crippen molar-refractivity contribution in [2.45, 2.75) is 26.3 Å². The zero-order valence-electron chi connectivity index (χ0n) is 16.3. The maximum atomic E-state index is 12.4. The van der Waals surface area contributed by atoms with Gasteiger partial charge >= 0.3 is 5.97 Å². The first-order valence-electron chi connectivity index (χ1n) is 9.41. The maximum Gasteiger partial charge on any atom is 0.338 e. The van der Waals surface area contributed by atoms with Crippen LogP contribution in [-0.4, -0.2) is 22.8 Å². The number of aromatic nitrogens is 1. The first-order valence-corrected chi connectivity index (χ1v) is 9.41. The van der Waals surface area contributed by atoms with Gasteiger partial charge < -0.3 is 14.4 Å². The molecular weight excluding hydrogens is 350 g/mol. The number of fused-ring (bicyclic) bond motifs is 3. The van der Waals surface area contributed by atoms with Crippen LogP contribution in [0.2, 0.25) is 0 Å². The number of hydrogen-bond acceptors (Lipinski definition) is 3. The average Bonchev–Trinajstić information content (AvgIpc) is 3.02. The number of hydrogen-bond donors (Lipinski definition) is 1. The molecular formula is C24H23NO3. The van der Waals surface area contributed by atoms with Gasteiger partial charge in [0, 0.05) is 11.9 Å². The number of carbonyl (C=O) groups is 1. The van der Waals surface area contributed by atoms with Crippen molar-refractivity contribution >= 4 is 27.8 Å². The van der Waals surface area contributed by atoms with Gasteiger partial charge in [0.25, 0.3) is 0 Å². The molecule has 0 unspecified atom stereocenters. The number of benzene rings is 3. The minimum Gasteiger partial charge on any atom is -0.507 e. The molecule has 0 atom stereocenters. The van der Waals surface area contributed by atoms with Gasteiger partial charge in [0.1, 0.15) is 5.75 Å². The van der Waals surface area contributed by atoms with Crippen LogP contribution in [0.1, 0.15) is 41.3 Å². The molecule has 0 saturated heterocycles. The van der Waals surface area contributed by atoms with E-state index in [9.17, 15) is 9.90 Å². The van der Waals surface area contributed by atoms with Gasteiger partial charge in [0.2, 0.25) is 0 Å². The number of rotatable bonds is 4. The number of esters is 1. The lowest BCUT2D eigenvalue weighted by atomic mass is 9.99. The van der Waals surface area contributed by atoms with Gasteiger partial charge in [-0.1, -0.05) is 50.2 Å². The summed E-state index contributed by atoms with van der Waals surface area (Å²) < 4.78 is 7.16. The maximum absolute atomic E-state index is 12.4. The summed E-state index contributed by atoms with van der Waals surface area (Å²) in [6, 6.07) is 19.7. The molecule has 4 heteroatoms. The van der Waals surface area contributed by atoms with Gasteiger partial charge in [-0.25, -0.2) is 4.79 Å². The molecule has 3 aromatic carbocycles. The molecule has 1 aromatic heterocycles. The summed E-state index contributed by atoms with van der Waals surface area (Å²) in [5, 5.41) is 12.3. The van der Waals surface area contributed by atoms with E-state index in [-0.39, 0.29) is 11.7 Å². The van der Waals surface area contributed by atoms with E-state index in [4.69, 9.17) is 4.74 Å². The van der Waals surface area contributed by atoms with Crippen LogP contribution in [0.4, 0.5) is 0 Å². The zero-order valence-corrected chi connectivity index (χ0v) is 16.3. The fourth-order valence-corrected chi connectivity index (χ4v) is 3.81. The Balaban J connectivity index is 2.11. The Kier molecular flexibility index (Phi) is 4.55. The predicted octanol–water partition coefficient (Wildman–Crippen LogP) is 5.46. The van der Waals surface area contributed by atoms with Crippen molar-refractivity contribution in [1.82, 2.24) is 4.57 Å². The summed E-state index contributed by atoms with van der Waals surface area (Å²) in [6.07, 6.45) is 0. The summed E-state index contributed by atoms with van der Waals surface area (Å²) in [7, 11) is 1.38. The smallest absolute Gasteiger partial charge is 0.338 e. The van der Waals surface area contributed by atoms with Gasteiger partial charge in [-0.3, -0.25) is 0 Å². The van der Waals surface area contributed by atoms with Crippen LogP contribution < -0.4 is 0 Å². The third kappa shape index (κ3) is 2.91. The highest BCUT2D eigenvalue weighted by atomic mass is 16.5. The van der Waals surface area contributed by atoms with Crippen LogP contribution in [-0.2, 0) is 11.3 Å². The van der Waals surface area contributed by atoms with E-state index in [0.29, 0.717) is 17.5 Å². The first kappa shape index (κ1) is 18.1. The number of phenolic OH excluding ortho intramolecular Hbond substituents is 1. The Hall–Kier alpha value is -3.27. The van der Waals surface area contributed by atoms with Gasteiger partial charge in [0.05, 0.1) is 29.1 Å². The quantitative estimate of drug-likeness (QED) is 0.483.